The Balaban J connectivity index is 2.64. The molecule has 0 unspecified atom stereocenters. The predicted octanol–water partition coefficient (Wildman–Crippen LogP) is 1.88. The topological polar surface area (TPSA) is 71.1 Å². The third kappa shape index (κ3) is 5.53. The summed E-state index contributed by atoms with van der Waals surface area (Å²) in [5.74, 6) is -0.283. The molecule has 0 fully saturated rings. The normalized spacial score (nSPS) is 12.9. The van der Waals surface area contributed by atoms with Gasteiger partial charge in [0.2, 0.25) is 11.8 Å². The zero-order valence-electron chi connectivity index (χ0n) is 13.4. The molecular weight excluding hydrogens is 266 g/mol. The van der Waals surface area contributed by atoms with E-state index in [2.05, 4.69) is 15.6 Å². The quantitative estimate of drug-likeness (QED) is 0.870. The van der Waals surface area contributed by atoms with Gasteiger partial charge >= 0.3 is 0 Å². The summed E-state index contributed by atoms with van der Waals surface area (Å²) in [5, 5.41) is 5.67. The second-order valence-electron chi connectivity index (χ2n) is 6.52. The molecule has 1 atom stereocenters. The zero-order chi connectivity index (χ0) is 16.0. The number of pyridine rings is 1. The molecule has 0 bridgehead atoms. The standard InChI is InChI=1S/C16H25N3O2/c1-11(2)13(19-15(21)16(3,4)5)14(20)18-10-12-7-6-8-17-9-12/h6-9,11,13H,10H2,1-5H3,(H,18,20)(H,19,21)/t13-/m0/s1. The largest absolute Gasteiger partial charge is 0.350 e. The Kier molecular flexibility index (Phi) is 5.88. The van der Waals surface area contributed by atoms with Gasteiger partial charge in [0.25, 0.3) is 0 Å². The van der Waals surface area contributed by atoms with Crippen molar-refractivity contribution in [3.8, 4) is 0 Å². The molecule has 0 aliphatic rings. The van der Waals surface area contributed by atoms with E-state index in [1.807, 2.05) is 46.8 Å². The average molecular weight is 291 g/mol. The van der Waals surface area contributed by atoms with Gasteiger partial charge in [-0.1, -0.05) is 40.7 Å². The van der Waals surface area contributed by atoms with Gasteiger partial charge in [0, 0.05) is 24.4 Å². The molecular formula is C16H25N3O2. The number of nitrogens with zero attached hydrogens (tertiary/aromatic N) is 1. The van der Waals surface area contributed by atoms with E-state index in [0.717, 1.165) is 5.56 Å². The van der Waals surface area contributed by atoms with Gasteiger partial charge in [-0.05, 0) is 17.5 Å². The molecule has 1 rings (SSSR count). The molecule has 116 valence electrons. The lowest BCUT2D eigenvalue weighted by molar-refractivity contribution is -0.134. The molecule has 0 aliphatic carbocycles. The van der Waals surface area contributed by atoms with Crippen molar-refractivity contribution >= 4 is 11.8 Å². The second kappa shape index (κ2) is 7.20. The van der Waals surface area contributed by atoms with E-state index in [1.165, 1.54) is 0 Å². The summed E-state index contributed by atoms with van der Waals surface area (Å²) >= 11 is 0. The fourth-order valence-corrected chi connectivity index (χ4v) is 1.69. The van der Waals surface area contributed by atoms with Crippen LogP contribution in [0.5, 0.6) is 0 Å². The van der Waals surface area contributed by atoms with E-state index in [9.17, 15) is 9.59 Å². The number of aromatic nitrogens is 1. The molecule has 1 aromatic rings. The van der Waals surface area contributed by atoms with Crippen molar-refractivity contribution < 1.29 is 9.59 Å². The highest BCUT2D eigenvalue weighted by Crippen LogP contribution is 2.14. The van der Waals surface area contributed by atoms with Gasteiger partial charge in [-0.25, -0.2) is 0 Å². The van der Waals surface area contributed by atoms with Crippen molar-refractivity contribution in [1.29, 1.82) is 0 Å². The molecule has 2 amide bonds. The Bertz CT molecular complexity index is 478. The first-order valence-electron chi connectivity index (χ1n) is 7.19. The van der Waals surface area contributed by atoms with Crippen molar-refractivity contribution in [2.75, 3.05) is 0 Å². The van der Waals surface area contributed by atoms with Crippen LogP contribution in [0.25, 0.3) is 0 Å². The van der Waals surface area contributed by atoms with Gasteiger partial charge in [-0.2, -0.15) is 0 Å². The minimum Gasteiger partial charge on any atom is -0.350 e. The number of carbonyl (C=O) groups excluding carboxylic acids is 2. The van der Waals surface area contributed by atoms with E-state index >= 15 is 0 Å². The molecule has 0 saturated heterocycles. The van der Waals surface area contributed by atoms with Crippen LogP contribution in [0.15, 0.2) is 24.5 Å². The van der Waals surface area contributed by atoms with Crippen LogP contribution in [0.1, 0.15) is 40.2 Å². The van der Waals surface area contributed by atoms with Crippen LogP contribution in [0.2, 0.25) is 0 Å². The number of rotatable bonds is 5. The fraction of sp³-hybridized carbons (Fsp3) is 0.562. The van der Waals surface area contributed by atoms with E-state index < -0.39 is 11.5 Å². The third-order valence-electron chi connectivity index (χ3n) is 3.11. The van der Waals surface area contributed by atoms with Crippen molar-refractivity contribution in [1.82, 2.24) is 15.6 Å². The van der Waals surface area contributed by atoms with Crippen LogP contribution in [0.4, 0.5) is 0 Å². The minimum atomic E-state index is -0.534. The monoisotopic (exact) mass is 291 g/mol. The molecule has 5 nitrogen and oxygen atoms in total. The molecule has 1 aromatic heterocycles. The van der Waals surface area contributed by atoms with Crippen LogP contribution < -0.4 is 10.6 Å². The van der Waals surface area contributed by atoms with Gasteiger partial charge in [0.05, 0.1) is 0 Å². The molecule has 0 spiro atoms. The molecule has 21 heavy (non-hydrogen) atoms. The summed E-state index contributed by atoms with van der Waals surface area (Å²) in [7, 11) is 0. The Morgan fingerprint density at radius 3 is 2.43 bits per heavy atom. The maximum atomic E-state index is 12.3. The summed E-state index contributed by atoms with van der Waals surface area (Å²) in [6.07, 6.45) is 3.39. The van der Waals surface area contributed by atoms with Gasteiger partial charge in [0.1, 0.15) is 6.04 Å². The molecule has 5 heteroatoms. The van der Waals surface area contributed by atoms with Gasteiger partial charge in [-0.15, -0.1) is 0 Å². The maximum absolute atomic E-state index is 12.3. The van der Waals surface area contributed by atoms with Crippen LogP contribution in [0, 0.1) is 11.3 Å². The first kappa shape index (κ1) is 17.1. The van der Waals surface area contributed by atoms with Crippen molar-refractivity contribution in [2.24, 2.45) is 11.3 Å². The van der Waals surface area contributed by atoms with Gasteiger partial charge < -0.3 is 10.6 Å². The smallest absolute Gasteiger partial charge is 0.243 e. The maximum Gasteiger partial charge on any atom is 0.243 e. The van der Waals surface area contributed by atoms with Gasteiger partial charge in [-0.3, -0.25) is 14.6 Å². The van der Waals surface area contributed by atoms with E-state index in [4.69, 9.17) is 0 Å². The first-order valence-corrected chi connectivity index (χ1v) is 7.19. The molecule has 2 N–H and O–H groups in total. The molecule has 1 heterocycles. The SMILES string of the molecule is CC(C)[C@H](NC(=O)C(C)(C)C)C(=O)NCc1cccnc1. The number of amides is 2. The summed E-state index contributed by atoms with van der Waals surface area (Å²) in [5.41, 5.74) is 0.409. The van der Waals surface area contributed by atoms with Crippen LogP contribution in [-0.4, -0.2) is 22.8 Å². The van der Waals surface area contributed by atoms with Crippen LogP contribution in [-0.2, 0) is 16.1 Å². The Morgan fingerprint density at radius 2 is 1.95 bits per heavy atom. The Morgan fingerprint density at radius 1 is 1.29 bits per heavy atom. The number of hydrogen-bond acceptors (Lipinski definition) is 3. The number of carbonyl (C=O) groups is 2. The lowest BCUT2D eigenvalue weighted by Crippen LogP contribution is -2.52. The van der Waals surface area contributed by atoms with Crippen LogP contribution >= 0.6 is 0 Å². The lowest BCUT2D eigenvalue weighted by Gasteiger charge is -2.26. The highest BCUT2D eigenvalue weighted by molar-refractivity contribution is 5.89. The molecule has 0 aromatic carbocycles. The molecule has 0 radical (unpaired) electrons. The number of nitrogens with one attached hydrogen (secondary N) is 2. The third-order valence-corrected chi connectivity index (χ3v) is 3.11. The number of hydrogen-bond donors (Lipinski definition) is 2. The minimum absolute atomic E-state index is 0.0187. The molecule has 0 saturated carbocycles. The summed E-state index contributed by atoms with van der Waals surface area (Å²) in [6, 6.07) is 3.18. The Hall–Kier alpha value is -1.91. The van der Waals surface area contributed by atoms with Crippen molar-refractivity contribution in [3.05, 3.63) is 30.1 Å². The van der Waals surface area contributed by atoms with Crippen LogP contribution in [0.3, 0.4) is 0 Å². The predicted molar refractivity (Wildman–Crippen MR) is 82.3 cm³/mol. The Labute approximate surface area is 126 Å². The van der Waals surface area contributed by atoms with Gasteiger partial charge in [0.15, 0.2) is 0 Å². The summed E-state index contributed by atoms with van der Waals surface area (Å²) in [6.45, 7) is 9.71. The fourth-order valence-electron chi connectivity index (χ4n) is 1.69. The summed E-state index contributed by atoms with van der Waals surface area (Å²) < 4.78 is 0. The lowest BCUT2D eigenvalue weighted by atomic mass is 9.93. The van der Waals surface area contributed by atoms with E-state index in [1.54, 1.807) is 12.4 Å². The van der Waals surface area contributed by atoms with E-state index in [-0.39, 0.29) is 17.7 Å². The highest BCUT2D eigenvalue weighted by Gasteiger charge is 2.29. The highest BCUT2D eigenvalue weighted by atomic mass is 16.2. The average Bonchev–Trinajstić information content (AvgIpc) is 2.41. The van der Waals surface area contributed by atoms with E-state index in [0.29, 0.717) is 6.54 Å². The van der Waals surface area contributed by atoms with Crippen molar-refractivity contribution in [3.63, 3.8) is 0 Å². The zero-order valence-corrected chi connectivity index (χ0v) is 13.4. The molecule has 0 aliphatic heterocycles. The second-order valence-corrected chi connectivity index (χ2v) is 6.52. The van der Waals surface area contributed by atoms with Crippen molar-refractivity contribution in [2.45, 2.75) is 47.2 Å². The first-order chi connectivity index (χ1) is 9.71. The summed E-state index contributed by atoms with van der Waals surface area (Å²) in [4.78, 5) is 28.3.